The van der Waals surface area contributed by atoms with E-state index in [0.717, 1.165) is 83.1 Å². The van der Waals surface area contributed by atoms with Crippen molar-refractivity contribution in [2.24, 2.45) is 0 Å². The number of benzene rings is 1. The molecule has 3 saturated heterocycles. The predicted molar refractivity (Wildman–Crippen MR) is 293 cm³/mol. The summed E-state index contributed by atoms with van der Waals surface area (Å²) in [6.07, 6.45) is 10.6. The average Bonchev–Trinajstić information content (AvgIpc) is 4.27. The first kappa shape index (κ1) is 86.1. The maximum Gasteiger partial charge on any atom is 1.00 e. The zero-order chi connectivity index (χ0) is 55.0. The van der Waals surface area contributed by atoms with Gasteiger partial charge in [0.15, 0.2) is 0 Å². The Labute approximate surface area is 507 Å². The van der Waals surface area contributed by atoms with E-state index in [2.05, 4.69) is 44.0 Å². The predicted octanol–water partition coefficient (Wildman–Crippen LogP) is 6.05. The molecule has 7 unspecified atom stereocenters. The topological polar surface area (TPSA) is 307 Å². The van der Waals surface area contributed by atoms with Crippen LogP contribution in [-0.4, -0.2) is 174 Å². The Kier molecular flexibility index (Phi) is 52.9. The molecule has 7 atom stereocenters. The minimum Gasteiger partial charge on any atom is -0.779 e. The first-order chi connectivity index (χ1) is 33.9. The van der Waals surface area contributed by atoms with Gasteiger partial charge in [-0.3, -0.25) is 13.7 Å². The molecule has 1 aromatic heterocycles. The summed E-state index contributed by atoms with van der Waals surface area (Å²) in [5.74, 6) is 0. The van der Waals surface area contributed by atoms with Crippen molar-refractivity contribution in [2.75, 3.05) is 100 Å². The van der Waals surface area contributed by atoms with Crippen LogP contribution in [0.4, 0.5) is 0 Å². The van der Waals surface area contributed by atoms with Gasteiger partial charge in [0.1, 0.15) is 37.7 Å². The Morgan fingerprint density at radius 1 is 0.618 bits per heavy atom. The molecule has 445 valence electrons. The van der Waals surface area contributed by atoms with Crippen molar-refractivity contribution in [3.8, 4) is 0 Å². The normalized spacial score (nSPS) is 18.6. The van der Waals surface area contributed by atoms with Crippen molar-refractivity contribution in [2.45, 2.75) is 158 Å². The molecule has 0 aliphatic carbocycles. The van der Waals surface area contributed by atoms with Crippen LogP contribution >= 0.6 is 38.3 Å². The van der Waals surface area contributed by atoms with Crippen LogP contribution in [0.25, 0.3) is 11.0 Å². The Bertz CT molecular complexity index is 1820. The molecule has 31 heteroatoms. The molecule has 3 aliphatic rings. The Balaban J connectivity index is -0.000000289. The second-order valence-electron chi connectivity index (χ2n) is 17.1. The molecule has 5 rings (SSSR count). The molecule has 0 amide bonds. The fourth-order valence-electron chi connectivity index (χ4n) is 6.02. The molecule has 3 fully saturated rings. The minimum atomic E-state index is -3.46. The quantitative estimate of drug-likeness (QED) is 0.0795. The van der Waals surface area contributed by atoms with Gasteiger partial charge in [0.05, 0.1) is 24.4 Å². The number of fused-ring (bicyclic) bond motifs is 1. The second kappa shape index (κ2) is 46.7. The number of ether oxygens (including phenoxy) is 3. The smallest absolute Gasteiger partial charge is 0.779 e. The Hall–Kier alpha value is 1.32. The van der Waals surface area contributed by atoms with Crippen LogP contribution in [0.3, 0.4) is 0 Å². The van der Waals surface area contributed by atoms with Gasteiger partial charge in [0, 0.05) is 117 Å². The van der Waals surface area contributed by atoms with Gasteiger partial charge in [-0.05, 0) is 114 Å². The van der Waals surface area contributed by atoms with Crippen LogP contribution in [-0.2, 0) is 55.1 Å². The molecule has 4 heterocycles. The maximum absolute atomic E-state index is 11.4. The average molecular weight is 1330 g/mol. The van der Waals surface area contributed by atoms with Crippen LogP contribution in [0.2, 0.25) is 0 Å². The van der Waals surface area contributed by atoms with E-state index in [1.54, 1.807) is 11.8 Å². The van der Waals surface area contributed by atoms with Gasteiger partial charge >= 0.3 is 60.3 Å². The van der Waals surface area contributed by atoms with Gasteiger partial charge in [0.25, 0.3) is 0 Å². The summed E-state index contributed by atoms with van der Waals surface area (Å²) < 4.78 is 95.4. The van der Waals surface area contributed by atoms with Crippen LogP contribution in [0.5, 0.6) is 0 Å². The second-order valence-corrected chi connectivity index (χ2v) is 28.2. The van der Waals surface area contributed by atoms with Gasteiger partial charge in [-0.1, -0.05) is 54.2 Å². The third-order valence-electron chi connectivity index (χ3n) is 11.5. The molecule has 0 spiro atoms. The van der Waals surface area contributed by atoms with Crippen LogP contribution < -0.4 is 39.1 Å². The van der Waals surface area contributed by atoms with E-state index in [0.29, 0.717) is 0 Å². The Morgan fingerprint density at radius 3 is 1.24 bits per heavy atom. The van der Waals surface area contributed by atoms with E-state index < -0.39 is 38.3 Å². The maximum atomic E-state index is 11.4. The van der Waals surface area contributed by atoms with Crippen LogP contribution in [0.1, 0.15) is 134 Å². The number of para-hydroxylation sites is 1. The molecule has 1 radical (unpaired) electrons. The van der Waals surface area contributed by atoms with E-state index in [1.165, 1.54) is 73.9 Å². The van der Waals surface area contributed by atoms with Gasteiger partial charge in [0.2, 0.25) is 0 Å². The Morgan fingerprint density at radius 2 is 0.961 bits per heavy atom. The van der Waals surface area contributed by atoms with Crippen molar-refractivity contribution in [3.05, 3.63) is 24.3 Å². The van der Waals surface area contributed by atoms with Gasteiger partial charge in [-0.15, -0.1) is 19.1 Å². The summed E-state index contributed by atoms with van der Waals surface area (Å²) in [7, 11) is -9.11. The largest absolute Gasteiger partial charge is 1.00 e. The van der Waals surface area contributed by atoms with E-state index in [-0.39, 0.29) is 128 Å². The molecular weight excluding hydrogens is 1230 g/mol. The SMILES string of the molecule is C.CCC(C)O.CCC(C)OCP(=O)(O)OC.CCC(C)OCP(=O)(O)OC.CCC(C)OCP(=O)(OC)OC.CCP(=O)([O-])OC.O.[La].[Na+].c1ccc2c(c1)nnn2O[P+](N1CCCC1)(N1CCCC1)N1CCCC1. The summed E-state index contributed by atoms with van der Waals surface area (Å²) in [5, 5.41) is 17.1. The molecule has 3 aliphatic heterocycles. The van der Waals surface area contributed by atoms with Crippen molar-refractivity contribution >= 4 is 49.4 Å². The van der Waals surface area contributed by atoms with E-state index in [1.807, 2.05) is 66.7 Å². The number of hydrogen-bond donors (Lipinski definition) is 3. The summed E-state index contributed by atoms with van der Waals surface area (Å²) in [4.78, 5) is 29.6. The standard InChI is InChI=1S/C18H28N6OP.C7H17O4P.2C6H15O4P.C4H10O.C3H9O3P.CH4.La.Na.H2O/c1-2-10-18-17(9-1)19-20-24(18)25-26(21-11-3-4-12-21,22-13-5-6-14-22)23-15-7-8-16-23;1-5-7(2)11-6-12(8,9-3)10-4;2*1-4-6(2)10-5-11(7,8)9-3;1-3-4(2)5;1-3-7(4,5)6-2;;;;/h1-2,9-10H,3-8,11-16H2;7H,5-6H2,1-4H3;2*6H,4-5H2,1-3H3,(H,7,8);4-5H,3H2,1-2H3;3H2,1-2H3,(H,4,5);1H4;;;1H2/q+1;;;;;;;;+1;/p-1. The van der Waals surface area contributed by atoms with Crippen molar-refractivity contribution < 1.29 is 150 Å². The molecule has 0 saturated carbocycles. The number of aliphatic hydroxyl groups is 1. The van der Waals surface area contributed by atoms with Crippen molar-refractivity contribution in [1.29, 1.82) is 0 Å². The fourth-order valence-corrected chi connectivity index (χ4v) is 12.3. The molecular formula is C45H99LaN6NaO18P5+. The number of aromatic nitrogens is 3. The summed E-state index contributed by atoms with van der Waals surface area (Å²) >= 11 is 0. The van der Waals surface area contributed by atoms with Crippen LogP contribution in [0.15, 0.2) is 24.3 Å². The molecule has 2 aromatic rings. The van der Waals surface area contributed by atoms with Crippen molar-refractivity contribution in [1.82, 2.24) is 29.2 Å². The monoisotopic (exact) mass is 1330 g/mol. The molecule has 0 bridgehead atoms. The molecule has 5 N–H and O–H groups in total. The third kappa shape index (κ3) is 34.8. The minimum absolute atomic E-state index is 0. The number of rotatable bonds is 24. The van der Waals surface area contributed by atoms with E-state index in [4.69, 9.17) is 42.8 Å². The molecule has 1 aromatic carbocycles. The molecule has 76 heavy (non-hydrogen) atoms. The fraction of sp³-hybridized carbons (Fsp3) is 0.867. The summed E-state index contributed by atoms with van der Waals surface area (Å²) in [6.45, 7) is 23.5. The zero-order valence-electron chi connectivity index (χ0n) is 47.8. The molecule has 24 nitrogen and oxygen atoms in total. The van der Waals surface area contributed by atoms with Gasteiger partial charge in [-0.2, -0.15) is 4.62 Å². The first-order valence-corrected chi connectivity index (χ1v) is 33.4. The third-order valence-corrected chi connectivity index (χ3v) is 20.3. The van der Waals surface area contributed by atoms with Crippen LogP contribution in [0, 0.1) is 35.6 Å². The number of nitrogens with zero attached hydrogens (tertiary/aromatic N) is 6. The zero-order valence-corrected chi connectivity index (χ0v) is 57.9. The van der Waals surface area contributed by atoms with Crippen molar-refractivity contribution in [3.63, 3.8) is 0 Å². The van der Waals surface area contributed by atoms with Gasteiger partial charge in [-0.25, -0.2) is 0 Å². The summed E-state index contributed by atoms with van der Waals surface area (Å²) in [5.41, 5.74) is 1.87. The number of aliphatic hydroxyl groups excluding tert-OH is 1. The number of hydrogen-bond acceptors (Lipinski definition) is 20. The van der Waals surface area contributed by atoms with Gasteiger partial charge < -0.3 is 66.7 Å². The van der Waals surface area contributed by atoms with E-state index >= 15 is 0 Å². The van der Waals surface area contributed by atoms with E-state index in [9.17, 15) is 23.2 Å². The first-order valence-electron chi connectivity index (χ1n) is 24.9. The summed E-state index contributed by atoms with van der Waals surface area (Å²) in [6, 6.07) is 8.10.